The lowest BCUT2D eigenvalue weighted by molar-refractivity contribution is -0.133. The largest absolute Gasteiger partial charge is 0.351 e. The topological polar surface area (TPSA) is 140 Å². The summed E-state index contributed by atoms with van der Waals surface area (Å²) in [6.45, 7) is 15.6. The van der Waals surface area contributed by atoms with Gasteiger partial charge in [0.25, 0.3) is 0 Å². The third-order valence-corrected chi connectivity index (χ3v) is 4.27. The van der Waals surface area contributed by atoms with Gasteiger partial charge < -0.3 is 26.2 Å². The summed E-state index contributed by atoms with van der Waals surface area (Å²) >= 11 is 0. The molecule has 11 heteroatoms. The van der Waals surface area contributed by atoms with Gasteiger partial charge >= 0.3 is 0 Å². The molecule has 4 N–H and O–H groups in total. The second kappa shape index (κ2) is 17.9. The van der Waals surface area contributed by atoms with Crippen LogP contribution in [-0.4, -0.2) is 98.2 Å². The molecule has 33 heavy (non-hydrogen) atoms. The zero-order valence-electron chi connectivity index (χ0n) is 18.9. The van der Waals surface area contributed by atoms with Gasteiger partial charge in [0.2, 0.25) is 29.5 Å². The van der Waals surface area contributed by atoms with E-state index in [4.69, 9.17) is 0 Å². The van der Waals surface area contributed by atoms with Crippen LogP contribution in [0.5, 0.6) is 0 Å². The Labute approximate surface area is 194 Å². The highest BCUT2D eigenvalue weighted by atomic mass is 16.2. The second-order valence-corrected chi connectivity index (χ2v) is 6.64. The third-order valence-electron chi connectivity index (χ3n) is 4.27. The fourth-order valence-electron chi connectivity index (χ4n) is 2.51. The Hall–Kier alpha value is -3.73. The Morgan fingerprint density at radius 1 is 0.545 bits per heavy atom. The van der Waals surface area contributed by atoms with Crippen LogP contribution in [0.2, 0.25) is 0 Å². The molecule has 0 unspecified atom stereocenters. The molecule has 0 aliphatic rings. The molecule has 0 bridgehead atoms. The third kappa shape index (κ3) is 14.8. The van der Waals surface area contributed by atoms with E-state index in [-0.39, 0.29) is 75.3 Å². The van der Waals surface area contributed by atoms with Crippen LogP contribution >= 0.6 is 0 Å². The Balaban J connectivity index is 5.07. The molecule has 0 aliphatic heterocycles. The lowest BCUT2D eigenvalue weighted by Gasteiger charge is -2.28. The molecule has 0 aromatic heterocycles. The van der Waals surface area contributed by atoms with Crippen LogP contribution in [0.15, 0.2) is 50.6 Å². The number of carbonyl (C=O) groups excluding carboxylic acids is 5. The van der Waals surface area contributed by atoms with Crippen molar-refractivity contribution in [1.82, 2.24) is 31.1 Å². The molecule has 5 amide bonds. The smallest absolute Gasteiger partial charge is 0.243 e. The lowest BCUT2D eigenvalue weighted by Crippen LogP contribution is -2.48. The number of carbonyl (C=O) groups is 5. The normalized spacial score (nSPS) is 9.85. The monoisotopic (exact) mass is 462 g/mol. The van der Waals surface area contributed by atoms with Gasteiger partial charge in [0.1, 0.15) is 0 Å². The van der Waals surface area contributed by atoms with Crippen molar-refractivity contribution in [2.45, 2.75) is 0 Å². The van der Waals surface area contributed by atoms with Crippen molar-refractivity contribution in [2.75, 3.05) is 58.9 Å². The van der Waals surface area contributed by atoms with Gasteiger partial charge in [-0.15, -0.1) is 0 Å². The highest BCUT2D eigenvalue weighted by Crippen LogP contribution is 1.95. The van der Waals surface area contributed by atoms with Crippen molar-refractivity contribution in [2.24, 2.45) is 0 Å². The van der Waals surface area contributed by atoms with Crippen molar-refractivity contribution >= 4 is 29.5 Å². The predicted molar refractivity (Wildman–Crippen MR) is 126 cm³/mol. The number of hydrogen-bond donors (Lipinski definition) is 4. The quantitative estimate of drug-likeness (QED) is 0.180. The molecule has 11 nitrogen and oxygen atoms in total. The van der Waals surface area contributed by atoms with Gasteiger partial charge in [-0.25, -0.2) is 0 Å². The minimum Gasteiger partial charge on any atom is -0.351 e. The van der Waals surface area contributed by atoms with Crippen molar-refractivity contribution in [3.05, 3.63) is 50.6 Å². The van der Waals surface area contributed by atoms with E-state index in [1.54, 1.807) is 4.90 Å². The van der Waals surface area contributed by atoms with Crippen LogP contribution in [-0.2, 0) is 24.0 Å². The molecule has 0 saturated heterocycles. The van der Waals surface area contributed by atoms with Crippen LogP contribution in [0.25, 0.3) is 0 Å². The summed E-state index contributed by atoms with van der Waals surface area (Å²) in [5, 5.41) is 10.5. The van der Waals surface area contributed by atoms with E-state index in [0.717, 1.165) is 24.3 Å². The molecular weight excluding hydrogens is 428 g/mol. The first-order valence-corrected chi connectivity index (χ1v) is 10.4. The van der Waals surface area contributed by atoms with Crippen LogP contribution in [0.4, 0.5) is 0 Å². The molecule has 0 aromatic carbocycles. The molecule has 0 radical (unpaired) electrons. The van der Waals surface area contributed by atoms with Gasteiger partial charge in [0.15, 0.2) is 0 Å². The van der Waals surface area contributed by atoms with Gasteiger partial charge in [-0.3, -0.25) is 28.9 Å². The standard InChI is InChI=1S/C22H34N6O5/c1-5-18(29)23-9-13-27(14-10-24-19(30)6-2)17-22(33)28(15-11-25-20(31)7-3)16-12-26-21(32)8-4/h5-8H,1-4,9-17H2,(H,23,29)(H,24,30)(H,25,31)(H,26,32). The van der Waals surface area contributed by atoms with Gasteiger partial charge in [-0.05, 0) is 24.3 Å². The van der Waals surface area contributed by atoms with Crippen molar-refractivity contribution in [3.63, 3.8) is 0 Å². The summed E-state index contributed by atoms with van der Waals surface area (Å²) in [6, 6.07) is 0. The van der Waals surface area contributed by atoms with E-state index in [2.05, 4.69) is 47.6 Å². The summed E-state index contributed by atoms with van der Waals surface area (Å²) in [7, 11) is 0. The van der Waals surface area contributed by atoms with Gasteiger partial charge in [0, 0.05) is 52.4 Å². The highest BCUT2D eigenvalue weighted by Gasteiger charge is 2.18. The minimum absolute atomic E-state index is 0.00126. The van der Waals surface area contributed by atoms with Crippen LogP contribution in [0, 0.1) is 0 Å². The Morgan fingerprint density at radius 2 is 0.848 bits per heavy atom. The van der Waals surface area contributed by atoms with Crippen molar-refractivity contribution in [3.8, 4) is 0 Å². The molecule has 0 spiro atoms. The first-order valence-electron chi connectivity index (χ1n) is 10.4. The number of nitrogens with one attached hydrogen (secondary N) is 4. The molecule has 0 aromatic rings. The lowest BCUT2D eigenvalue weighted by atomic mass is 10.3. The summed E-state index contributed by atoms with van der Waals surface area (Å²) in [6.07, 6.45) is 4.56. The first kappa shape index (κ1) is 29.3. The number of amides is 5. The molecule has 0 aliphatic carbocycles. The van der Waals surface area contributed by atoms with E-state index in [1.165, 1.54) is 4.90 Å². The molecule has 0 rings (SSSR count). The number of hydrogen-bond acceptors (Lipinski definition) is 6. The van der Waals surface area contributed by atoms with Crippen LogP contribution in [0.1, 0.15) is 0 Å². The molecule has 0 atom stereocenters. The average Bonchev–Trinajstić information content (AvgIpc) is 2.81. The summed E-state index contributed by atoms with van der Waals surface area (Å²) in [5.41, 5.74) is 0. The van der Waals surface area contributed by atoms with Gasteiger partial charge in [-0.1, -0.05) is 26.3 Å². The van der Waals surface area contributed by atoms with E-state index >= 15 is 0 Å². The summed E-state index contributed by atoms with van der Waals surface area (Å²) in [4.78, 5) is 61.8. The van der Waals surface area contributed by atoms with Crippen LogP contribution in [0.3, 0.4) is 0 Å². The van der Waals surface area contributed by atoms with Gasteiger partial charge in [0.05, 0.1) is 6.54 Å². The molecule has 0 fully saturated rings. The molecule has 0 saturated carbocycles. The fourth-order valence-corrected chi connectivity index (χ4v) is 2.51. The Morgan fingerprint density at radius 3 is 1.15 bits per heavy atom. The SMILES string of the molecule is C=CC(=O)NCCN(CCNC(=O)C=C)CC(=O)N(CCNC(=O)C=C)CCNC(=O)C=C. The number of nitrogens with zero attached hydrogens (tertiary/aromatic N) is 2. The zero-order valence-corrected chi connectivity index (χ0v) is 18.9. The van der Waals surface area contributed by atoms with Gasteiger partial charge in [-0.2, -0.15) is 0 Å². The fraction of sp³-hybridized carbons (Fsp3) is 0.409. The Bertz CT molecular complexity index is 685. The highest BCUT2D eigenvalue weighted by molar-refractivity contribution is 5.88. The van der Waals surface area contributed by atoms with Crippen molar-refractivity contribution < 1.29 is 24.0 Å². The summed E-state index contributed by atoms with van der Waals surface area (Å²) < 4.78 is 0. The maximum Gasteiger partial charge on any atom is 0.243 e. The second-order valence-electron chi connectivity index (χ2n) is 6.64. The van der Waals surface area contributed by atoms with Crippen LogP contribution < -0.4 is 21.3 Å². The minimum atomic E-state index is -0.361. The molecular formula is C22H34N6O5. The first-order chi connectivity index (χ1) is 15.8. The predicted octanol–water partition coefficient (Wildman–Crippen LogP) is -1.67. The zero-order chi connectivity index (χ0) is 25.1. The molecule has 182 valence electrons. The maximum atomic E-state index is 13.0. The van der Waals surface area contributed by atoms with E-state index in [9.17, 15) is 24.0 Å². The number of rotatable bonds is 18. The van der Waals surface area contributed by atoms with E-state index in [0.29, 0.717) is 13.1 Å². The van der Waals surface area contributed by atoms with E-state index < -0.39 is 0 Å². The average molecular weight is 463 g/mol. The summed E-state index contributed by atoms with van der Waals surface area (Å²) in [5.74, 6) is -1.64. The Kier molecular flexibility index (Phi) is 15.9. The molecule has 0 heterocycles. The van der Waals surface area contributed by atoms with E-state index in [1.807, 2.05) is 0 Å². The van der Waals surface area contributed by atoms with Crippen molar-refractivity contribution in [1.29, 1.82) is 0 Å². The maximum absolute atomic E-state index is 13.0.